The fourth-order valence-electron chi connectivity index (χ4n) is 10.9. The number of benzene rings is 9. The van der Waals surface area contributed by atoms with E-state index in [-0.39, 0.29) is 16.7 Å². The van der Waals surface area contributed by atoms with Gasteiger partial charge >= 0.3 is 0 Å². The standard InChI is InChI=1S/C63H53N/c1-41-25-26-47(37-54(41)56-39-57-52-22-14-16-24-59(52)63(5,6)61(57)40-55(56)42(2)43-17-9-7-10-18-43)46-29-33-49(34-30-46)64(48-31-27-45(28-32-48)44-19-11-8-12-20-44)50-35-36-53-51-21-13-15-23-58(51)62(3,4)60(53)38-50/h7-40,42H,1-6H3. The number of aryl methyl sites for hydroxylation is 1. The van der Waals surface area contributed by atoms with Crippen LogP contribution in [0.15, 0.2) is 206 Å². The second kappa shape index (κ2) is 15.2. The van der Waals surface area contributed by atoms with Crippen LogP contribution in [0.5, 0.6) is 0 Å². The molecule has 2 aliphatic rings. The van der Waals surface area contributed by atoms with Crippen LogP contribution >= 0.6 is 0 Å². The van der Waals surface area contributed by atoms with Gasteiger partial charge in [-0.3, -0.25) is 0 Å². The summed E-state index contributed by atoms with van der Waals surface area (Å²) in [6.45, 7) is 14.1. The van der Waals surface area contributed by atoms with Crippen LogP contribution < -0.4 is 4.90 Å². The van der Waals surface area contributed by atoms with Gasteiger partial charge in [-0.1, -0.05) is 192 Å². The van der Waals surface area contributed by atoms with Crippen molar-refractivity contribution >= 4 is 17.1 Å². The third-order valence-corrected chi connectivity index (χ3v) is 14.6. The summed E-state index contributed by atoms with van der Waals surface area (Å²) in [5, 5.41) is 0. The monoisotopic (exact) mass is 823 g/mol. The molecule has 0 aliphatic heterocycles. The van der Waals surface area contributed by atoms with Gasteiger partial charge in [-0.05, 0) is 150 Å². The lowest BCUT2D eigenvalue weighted by molar-refractivity contribution is 0.658. The lowest BCUT2D eigenvalue weighted by atomic mass is 9.78. The average Bonchev–Trinajstić information content (AvgIpc) is 3.71. The molecule has 1 heteroatoms. The molecule has 0 saturated heterocycles. The van der Waals surface area contributed by atoms with Gasteiger partial charge in [0.2, 0.25) is 0 Å². The molecule has 0 spiro atoms. The third-order valence-electron chi connectivity index (χ3n) is 14.6. The van der Waals surface area contributed by atoms with E-state index >= 15 is 0 Å². The Labute approximate surface area is 379 Å². The molecule has 9 aromatic rings. The minimum absolute atomic E-state index is 0.0763. The summed E-state index contributed by atoms with van der Waals surface area (Å²) in [4.78, 5) is 2.42. The van der Waals surface area contributed by atoms with E-state index in [1.807, 2.05) is 0 Å². The Balaban J connectivity index is 1.01. The van der Waals surface area contributed by atoms with Gasteiger partial charge in [-0.15, -0.1) is 0 Å². The first-order chi connectivity index (χ1) is 31.1. The van der Waals surface area contributed by atoms with Gasteiger partial charge in [0.15, 0.2) is 0 Å². The Morgan fingerprint density at radius 2 is 0.812 bits per heavy atom. The maximum atomic E-state index is 2.53. The van der Waals surface area contributed by atoms with Crippen LogP contribution in [0.4, 0.5) is 17.1 Å². The largest absolute Gasteiger partial charge is 0.310 e. The van der Waals surface area contributed by atoms with Crippen molar-refractivity contribution in [3.05, 3.63) is 245 Å². The van der Waals surface area contributed by atoms with Gasteiger partial charge in [0.25, 0.3) is 0 Å². The van der Waals surface area contributed by atoms with Crippen LogP contribution in [-0.2, 0) is 10.8 Å². The van der Waals surface area contributed by atoms with E-state index in [1.54, 1.807) is 0 Å². The van der Waals surface area contributed by atoms with Crippen LogP contribution in [0.2, 0.25) is 0 Å². The van der Waals surface area contributed by atoms with Gasteiger partial charge in [-0.2, -0.15) is 0 Å². The Morgan fingerprint density at radius 3 is 1.44 bits per heavy atom. The minimum Gasteiger partial charge on any atom is -0.310 e. The Kier molecular flexibility index (Phi) is 9.44. The molecular formula is C63H53N. The summed E-state index contributed by atoms with van der Waals surface area (Å²) < 4.78 is 0. The van der Waals surface area contributed by atoms with Crippen molar-refractivity contribution < 1.29 is 0 Å². The summed E-state index contributed by atoms with van der Waals surface area (Å²) in [5.41, 5.74) is 25.6. The zero-order chi connectivity index (χ0) is 43.7. The number of hydrogen-bond donors (Lipinski definition) is 0. The lowest BCUT2D eigenvalue weighted by Gasteiger charge is -2.28. The highest BCUT2D eigenvalue weighted by Gasteiger charge is 2.38. The summed E-state index contributed by atoms with van der Waals surface area (Å²) in [7, 11) is 0. The van der Waals surface area contributed by atoms with Crippen LogP contribution in [0.3, 0.4) is 0 Å². The molecule has 1 atom stereocenters. The molecule has 0 radical (unpaired) electrons. The van der Waals surface area contributed by atoms with E-state index in [1.165, 1.54) is 94.6 Å². The molecule has 9 aromatic carbocycles. The van der Waals surface area contributed by atoms with Crippen molar-refractivity contribution in [3.63, 3.8) is 0 Å². The van der Waals surface area contributed by atoms with E-state index in [0.717, 1.165) is 17.1 Å². The smallest absolute Gasteiger partial charge is 0.0465 e. The molecule has 0 bridgehead atoms. The maximum absolute atomic E-state index is 2.53. The highest BCUT2D eigenvalue weighted by Crippen LogP contribution is 2.53. The second-order valence-corrected chi connectivity index (χ2v) is 19.0. The summed E-state index contributed by atoms with van der Waals surface area (Å²) in [5.74, 6) is 0.218. The zero-order valence-electron chi connectivity index (χ0n) is 37.7. The molecule has 0 aromatic heterocycles. The third kappa shape index (κ3) is 6.45. The predicted octanol–water partition coefficient (Wildman–Crippen LogP) is 17.2. The zero-order valence-corrected chi connectivity index (χ0v) is 37.7. The van der Waals surface area contributed by atoms with Crippen LogP contribution in [0.1, 0.15) is 79.5 Å². The Morgan fingerprint density at radius 1 is 0.344 bits per heavy atom. The number of anilines is 3. The summed E-state index contributed by atoms with van der Waals surface area (Å²) >= 11 is 0. The average molecular weight is 824 g/mol. The highest BCUT2D eigenvalue weighted by molar-refractivity contribution is 5.89. The van der Waals surface area contributed by atoms with Crippen LogP contribution in [-0.4, -0.2) is 0 Å². The van der Waals surface area contributed by atoms with E-state index < -0.39 is 0 Å². The molecule has 11 rings (SSSR count). The SMILES string of the molecule is Cc1ccc(-c2ccc(N(c3ccc(-c4ccccc4)cc3)c3ccc4c(c3)C(C)(C)c3ccccc3-4)cc2)cc1-c1cc2c(cc1C(C)c1ccccc1)C(C)(C)c1ccccc1-2. The van der Waals surface area contributed by atoms with Gasteiger partial charge < -0.3 is 4.90 Å². The van der Waals surface area contributed by atoms with E-state index in [0.29, 0.717) is 0 Å². The first kappa shape index (κ1) is 39.6. The molecule has 0 amide bonds. The minimum atomic E-state index is -0.102. The van der Waals surface area contributed by atoms with E-state index in [2.05, 4.69) is 253 Å². The van der Waals surface area contributed by atoms with E-state index in [4.69, 9.17) is 0 Å². The molecule has 0 fully saturated rings. The fraction of sp³-hybridized carbons (Fsp3) is 0.143. The van der Waals surface area contributed by atoms with Crippen molar-refractivity contribution in [1.82, 2.24) is 0 Å². The first-order valence-electron chi connectivity index (χ1n) is 22.8. The quantitative estimate of drug-likeness (QED) is 0.148. The van der Waals surface area contributed by atoms with Crippen molar-refractivity contribution in [2.24, 2.45) is 0 Å². The number of fused-ring (bicyclic) bond motifs is 6. The Hall–Kier alpha value is -7.22. The summed E-state index contributed by atoms with van der Waals surface area (Å²) in [6, 6.07) is 76.9. The van der Waals surface area contributed by atoms with Gasteiger partial charge in [0.05, 0.1) is 0 Å². The molecule has 0 heterocycles. The maximum Gasteiger partial charge on any atom is 0.0465 e. The number of nitrogens with zero attached hydrogens (tertiary/aromatic N) is 1. The molecule has 64 heavy (non-hydrogen) atoms. The van der Waals surface area contributed by atoms with Gasteiger partial charge in [0, 0.05) is 33.8 Å². The highest BCUT2D eigenvalue weighted by atomic mass is 15.1. The molecule has 2 aliphatic carbocycles. The normalized spacial score (nSPS) is 14.3. The molecule has 0 saturated carbocycles. The van der Waals surface area contributed by atoms with Crippen molar-refractivity contribution in [2.45, 2.75) is 58.3 Å². The van der Waals surface area contributed by atoms with Gasteiger partial charge in [0.1, 0.15) is 0 Å². The number of rotatable bonds is 8. The van der Waals surface area contributed by atoms with Crippen LogP contribution in [0.25, 0.3) is 55.6 Å². The fourth-order valence-corrected chi connectivity index (χ4v) is 10.9. The van der Waals surface area contributed by atoms with Crippen molar-refractivity contribution in [2.75, 3.05) is 4.90 Å². The van der Waals surface area contributed by atoms with Crippen LogP contribution in [0, 0.1) is 6.92 Å². The van der Waals surface area contributed by atoms with Crippen molar-refractivity contribution in [1.29, 1.82) is 0 Å². The predicted molar refractivity (Wildman–Crippen MR) is 271 cm³/mol. The topological polar surface area (TPSA) is 3.24 Å². The molecular weight excluding hydrogens is 771 g/mol. The molecule has 1 unspecified atom stereocenters. The molecule has 310 valence electrons. The lowest BCUT2D eigenvalue weighted by Crippen LogP contribution is -2.16. The summed E-state index contributed by atoms with van der Waals surface area (Å²) in [6.07, 6.45) is 0. The molecule has 1 nitrogen and oxygen atoms in total. The first-order valence-corrected chi connectivity index (χ1v) is 22.8. The Bertz CT molecular complexity index is 3210. The molecule has 0 N–H and O–H groups in total. The van der Waals surface area contributed by atoms with Crippen molar-refractivity contribution in [3.8, 4) is 55.6 Å². The second-order valence-electron chi connectivity index (χ2n) is 19.0. The number of hydrogen-bond acceptors (Lipinski definition) is 1. The van der Waals surface area contributed by atoms with E-state index in [9.17, 15) is 0 Å². The van der Waals surface area contributed by atoms with Gasteiger partial charge in [-0.25, -0.2) is 0 Å².